The Labute approximate surface area is 89.6 Å². The van der Waals surface area contributed by atoms with E-state index in [1.165, 1.54) is 31.4 Å². The predicted molar refractivity (Wildman–Crippen MR) is 60.3 cm³/mol. The third-order valence-electron chi connectivity index (χ3n) is 3.70. The zero-order valence-electron chi connectivity index (χ0n) is 8.37. The molecule has 0 radical (unpaired) electrons. The molecule has 2 aliphatic heterocycles. The number of hydrogen-bond acceptors (Lipinski definition) is 2. The van der Waals surface area contributed by atoms with Crippen molar-refractivity contribution >= 4 is 11.8 Å². The number of thioether (sulfide) groups is 1. The summed E-state index contributed by atoms with van der Waals surface area (Å²) in [5.74, 6) is 1.25. The summed E-state index contributed by atoms with van der Waals surface area (Å²) in [4.78, 5) is -0.00174. The van der Waals surface area contributed by atoms with Gasteiger partial charge in [0.1, 0.15) is 4.93 Å². The molecule has 0 aromatic carbocycles. The first-order valence-corrected chi connectivity index (χ1v) is 6.51. The normalized spacial score (nSPS) is 45.7. The molecule has 3 aliphatic rings. The molecule has 2 saturated heterocycles. The second-order valence-corrected chi connectivity index (χ2v) is 5.75. The predicted octanol–water partition coefficient (Wildman–Crippen LogP) is 3.13. The van der Waals surface area contributed by atoms with Crippen LogP contribution in [0.4, 0.5) is 0 Å². The first-order chi connectivity index (χ1) is 6.87. The van der Waals surface area contributed by atoms with E-state index in [-0.39, 0.29) is 4.93 Å². The number of allylic oxidation sites excluding steroid dienone is 2. The lowest BCUT2D eigenvalue weighted by Gasteiger charge is -2.53. The first kappa shape index (κ1) is 9.05. The van der Waals surface area contributed by atoms with E-state index in [9.17, 15) is 0 Å². The average Bonchev–Trinajstić information content (AvgIpc) is 2.27. The van der Waals surface area contributed by atoms with Crippen molar-refractivity contribution in [3.8, 4) is 0 Å². The molecular weight excluding hydrogens is 192 g/mol. The van der Waals surface area contributed by atoms with E-state index in [0.29, 0.717) is 5.41 Å². The summed E-state index contributed by atoms with van der Waals surface area (Å²) in [6, 6.07) is 0. The number of rotatable bonds is 0. The fourth-order valence-corrected chi connectivity index (χ4v) is 4.49. The Hall–Kier alpha value is -0.210. The van der Waals surface area contributed by atoms with Gasteiger partial charge < -0.3 is 4.74 Å². The van der Waals surface area contributed by atoms with Crippen LogP contribution in [0.3, 0.4) is 0 Å². The monoisotopic (exact) mass is 208 g/mol. The minimum absolute atomic E-state index is 0.00174. The number of hydrogen-bond donors (Lipinski definition) is 0. The maximum Gasteiger partial charge on any atom is 0.141 e. The molecule has 2 fully saturated rings. The molecule has 0 bridgehead atoms. The summed E-state index contributed by atoms with van der Waals surface area (Å²) >= 11 is 2.01. The summed E-state index contributed by atoms with van der Waals surface area (Å²) < 4.78 is 6.09. The van der Waals surface area contributed by atoms with Crippen molar-refractivity contribution in [1.29, 1.82) is 0 Å². The lowest BCUT2D eigenvalue weighted by molar-refractivity contribution is -0.0658. The van der Waals surface area contributed by atoms with E-state index < -0.39 is 0 Å². The van der Waals surface area contributed by atoms with E-state index >= 15 is 0 Å². The standard InChI is InChI=1S/C12H16OS/c1-2-8-12-11(5-1,6-3-9-13-12)7-4-10-14-12/h1-2,5,8H,3-4,6-7,9-10H2/t11-,12+/m1/s1. The van der Waals surface area contributed by atoms with Crippen LogP contribution in [-0.4, -0.2) is 17.3 Å². The van der Waals surface area contributed by atoms with Gasteiger partial charge in [-0.15, -0.1) is 11.8 Å². The molecule has 2 heterocycles. The van der Waals surface area contributed by atoms with Gasteiger partial charge in [0.2, 0.25) is 0 Å². The van der Waals surface area contributed by atoms with Gasteiger partial charge in [0, 0.05) is 12.0 Å². The van der Waals surface area contributed by atoms with E-state index in [0.717, 1.165) is 6.61 Å². The highest BCUT2D eigenvalue weighted by Gasteiger charge is 2.53. The maximum atomic E-state index is 6.09. The Bertz CT molecular complexity index is 251. The van der Waals surface area contributed by atoms with Crippen LogP contribution in [0, 0.1) is 5.41 Å². The summed E-state index contributed by atoms with van der Waals surface area (Å²) in [7, 11) is 0. The van der Waals surface area contributed by atoms with Crippen molar-refractivity contribution in [2.24, 2.45) is 5.41 Å². The van der Waals surface area contributed by atoms with Crippen molar-refractivity contribution in [2.75, 3.05) is 12.4 Å². The molecule has 0 aromatic rings. The highest BCUT2D eigenvalue weighted by Crippen LogP contribution is 2.58. The Morgan fingerprint density at radius 3 is 2.86 bits per heavy atom. The van der Waals surface area contributed by atoms with Crippen LogP contribution in [0.25, 0.3) is 0 Å². The van der Waals surface area contributed by atoms with Crippen molar-refractivity contribution in [3.05, 3.63) is 24.3 Å². The number of ether oxygens (including phenoxy) is 1. The molecule has 0 N–H and O–H groups in total. The minimum atomic E-state index is -0.00174. The van der Waals surface area contributed by atoms with Gasteiger partial charge in [-0.25, -0.2) is 0 Å². The first-order valence-electron chi connectivity index (χ1n) is 5.52. The van der Waals surface area contributed by atoms with Gasteiger partial charge in [-0.3, -0.25) is 0 Å². The zero-order valence-corrected chi connectivity index (χ0v) is 9.19. The molecule has 0 saturated carbocycles. The summed E-state index contributed by atoms with van der Waals surface area (Å²) in [5.41, 5.74) is 0.322. The smallest absolute Gasteiger partial charge is 0.141 e. The molecule has 2 atom stereocenters. The average molecular weight is 208 g/mol. The third kappa shape index (κ3) is 1.07. The van der Waals surface area contributed by atoms with Crippen LogP contribution in [-0.2, 0) is 4.74 Å². The van der Waals surface area contributed by atoms with Crippen molar-refractivity contribution in [3.63, 3.8) is 0 Å². The van der Waals surface area contributed by atoms with Crippen LogP contribution in [0.2, 0.25) is 0 Å². The van der Waals surface area contributed by atoms with Crippen molar-refractivity contribution in [2.45, 2.75) is 30.6 Å². The Morgan fingerprint density at radius 1 is 1.07 bits per heavy atom. The van der Waals surface area contributed by atoms with Gasteiger partial charge in [-0.1, -0.05) is 18.2 Å². The zero-order chi connectivity index (χ0) is 9.49. The fraction of sp³-hybridized carbons (Fsp3) is 0.667. The second-order valence-electron chi connectivity index (χ2n) is 4.45. The Balaban J connectivity index is 2.04. The van der Waals surface area contributed by atoms with Crippen LogP contribution in [0.5, 0.6) is 0 Å². The van der Waals surface area contributed by atoms with Crippen LogP contribution in [0.1, 0.15) is 25.7 Å². The summed E-state index contributed by atoms with van der Waals surface area (Å²) in [5, 5.41) is 0. The van der Waals surface area contributed by atoms with Crippen LogP contribution < -0.4 is 0 Å². The second kappa shape index (κ2) is 3.14. The van der Waals surface area contributed by atoms with Gasteiger partial charge in [0.15, 0.2) is 0 Å². The fourth-order valence-electron chi connectivity index (χ4n) is 2.99. The largest absolute Gasteiger partial charge is 0.360 e. The molecule has 2 heteroatoms. The van der Waals surface area contributed by atoms with Crippen molar-refractivity contribution in [1.82, 2.24) is 0 Å². The highest BCUT2D eigenvalue weighted by atomic mass is 32.2. The molecule has 0 spiro atoms. The van der Waals surface area contributed by atoms with E-state index in [4.69, 9.17) is 4.74 Å². The third-order valence-corrected chi connectivity index (χ3v) is 5.29. The summed E-state index contributed by atoms with van der Waals surface area (Å²) in [6.45, 7) is 0.937. The highest BCUT2D eigenvalue weighted by molar-refractivity contribution is 8.00. The molecule has 3 rings (SSSR count). The van der Waals surface area contributed by atoms with E-state index in [2.05, 4.69) is 24.3 Å². The topological polar surface area (TPSA) is 9.23 Å². The molecule has 0 aromatic heterocycles. The van der Waals surface area contributed by atoms with Gasteiger partial charge >= 0.3 is 0 Å². The maximum absolute atomic E-state index is 6.09. The summed E-state index contributed by atoms with van der Waals surface area (Å²) in [6.07, 6.45) is 14.2. The lowest BCUT2D eigenvalue weighted by Crippen LogP contribution is -2.51. The lowest BCUT2D eigenvalue weighted by atomic mass is 9.70. The van der Waals surface area contributed by atoms with Crippen LogP contribution >= 0.6 is 11.8 Å². The van der Waals surface area contributed by atoms with E-state index in [1.54, 1.807) is 0 Å². The molecule has 76 valence electrons. The van der Waals surface area contributed by atoms with Gasteiger partial charge in [-0.05, 0) is 37.5 Å². The quantitative estimate of drug-likeness (QED) is 0.605. The molecule has 0 amide bonds. The molecule has 14 heavy (non-hydrogen) atoms. The SMILES string of the molecule is C1=C[C@]23CCCO[C@@]2(C=C1)SCCC3. The van der Waals surface area contributed by atoms with Crippen LogP contribution in [0.15, 0.2) is 24.3 Å². The van der Waals surface area contributed by atoms with Gasteiger partial charge in [0.05, 0.1) is 0 Å². The Kier molecular flexibility index (Phi) is 2.03. The molecular formula is C12H16OS. The minimum Gasteiger partial charge on any atom is -0.360 e. The van der Waals surface area contributed by atoms with Gasteiger partial charge in [-0.2, -0.15) is 0 Å². The van der Waals surface area contributed by atoms with E-state index in [1.807, 2.05) is 11.8 Å². The molecule has 0 unspecified atom stereocenters. The molecule has 1 nitrogen and oxygen atoms in total. The molecule has 1 aliphatic carbocycles. The van der Waals surface area contributed by atoms with Gasteiger partial charge in [0.25, 0.3) is 0 Å². The Morgan fingerprint density at radius 2 is 1.93 bits per heavy atom. The van der Waals surface area contributed by atoms with Crippen molar-refractivity contribution < 1.29 is 4.74 Å².